The molecule has 4 nitrogen and oxygen atoms in total. The van der Waals surface area contributed by atoms with Crippen LogP contribution in [0.4, 0.5) is 0 Å². The number of hydrogen-bond acceptors (Lipinski definition) is 3. The number of carbonyl (C=O) groups is 1. The van der Waals surface area contributed by atoms with Gasteiger partial charge in [-0.3, -0.25) is 10.1 Å². The third-order valence-corrected chi connectivity index (χ3v) is 4.37. The maximum Gasteiger partial charge on any atom is 0.238 e. The minimum absolute atomic E-state index is 0.0518. The Bertz CT molecular complexity index is 462. The summed E-state index contributed by atoms with van der Waals surface area (Å²) in [7, 11) is 2.17. The zero-order chi connectivity index (χ0) is 13.9. The van der Waals surface area contributed by atoms with Gasteiger partial charge in [0, 0.05) is 13.1 Å². The van der Waals surface area contributed by atoms with E-state index in [1.165, 1.54) is 24.9 Å². The third kappa shape index (κ3) is 2.86. The van der Waals surface area contributed by atoms with Crippen LogP contribution in [0.2, 0.25) is 0 Å². The van der Waals surface area contributed by atoms with Gasteiger partial charge in [0.05, 0.1) is 6.54 Å². The number of rotatable bonds is 3. The molecule has 1 aromatic rings. The molecule has 2 heterocycles. The van der Waals surface area contributed by atoms with E-state index < -0.39 is 0 Å². The fourth-order valence-electron chi connectivity index (χ4n) is 3.38. The van der Waals surface area contributed by atoms with E-state index in [0.717, 1.165) is 13.1 Å². The van der Waals surface area contributed by atoms with Crippen LogP contribution in [0, 0.1) is 5.92 Å². The Morgan fingerprint density at radius 3 is 2.85 bits per heavy atom. The smallest absolute Gasteiger partial charge is 0.238 e. The Labute approximate surface area is 120 Å². The summed E-state index contributed by atoms with van der Waals surface area (Å²) in [4.78, 5) is 16.6. The lowest BCUT2D eigenvalue weighted by Crippen LogP contribution is -2.41. The normalized spacial score (nSPS) is 28.1. The second-order valence-corrected chi connectivity index (χ2v) is 6.01. The zero-order valence-electron chi connectivity index (χ0n) is 12.1. The highest BCUT2D eigenvalue weighted by Gasteiger charge is 2.33. The molecule has 2 unspecified atom stereocenters. The fraction of sp³-hybridized carbons (Fsp3) is 0.562. The number of piperidine rings is 1. The van der Waals surface area contributed by atoms with Crippen molar-refractivity contribution < 1.29 is 4.79 Å². The summed E-state index contributed by atoms with van der Waals surface area (Å²) in [6.07, 6.45) is 2.53. The highest BCUT2D eigenvalue weighted by atomic mass is 16.2. The maximum atomic E-state index is 12.2. The van der Waals surface area contributed by atoms with Gasteiger partial charge in [0.25, 0.3) is 0 Å². The topological polar surface area (TPSA) is 35.6 Å². The molecule has 2 fully saturated rings. The van der Waals surface area contributed by atoms with Gasteiger partial charge in [0.2, 0.25) is 5.91 Å². The SMILES string of the molecule is CN1CCCC(CN2C(=O)CNC2c2ccccc2)C1. The van der Waals surface area contributed by atoms with Crippen LogP contribution in [-0.4, -0.2) is 48.9 Å². The zero-order valence-corrected chi connectivity index (χ0v) is 12.1. The fourth-order valence-corrected chi connectivity index (χ4v) is 3.38. The van der Waals surface area contributed by atoms with Crippen molar-refractivity contribution in [3.05, 3.63) is 35.9 Å². The number of nitrogens with one attached hydrogen (secondary N) is 1. The van der Waals surface area contributed by atoms with Gasteiger partial charge in [-0.2, -0.15) is 0 Å². The lowest BCUT2D eigenvalue weighted by Gasteiger charge is -2.34. The quantitative estimate of drug-likeness (QED) is 0.905. The monoisotopic (exact) mass is 273 g/mol. The van der Waals surface area contributed by atoms with Crippen LogP contribution >= 0.6 is 0 Å². The summed E-state index contributed by atoms with van der Waals surface area (Å²) in [5.41, 5.74) is 1.18. The molecule has 0 aliphatic carbocycles. The minimum Gasteiger partial charge on any atom is -0.321 e. The van der Waals surface area contributed by atoms with Crippen LogP contribution in [0.1, 0.15) is 24.6 Å². The first-order chi connectivity index (χ1) is 9.74. The molecule has 0 bridgehead atoms. The predicted molar refractivity (Wildman–Crippen MR) is 79.1 cm³/mol. The van der Waals surface area contributed by atoms with Gasteiger partial charge in [-0.05, 0) is 37.9 Å². The molecule has 2 saturated heterocycles. The van der Waals surface area contributed by atoms with E-state index in [1.807, 2.05) is 23.1 Å². The molecule has 0 spiro atoms. The van der Waals surface area contributed by atoms with Gasteiger partial charge in [0.1, 0.15) is 6.17 Å². The molecule has 1 amide bonds. The van der Waals surface area contributed by atoms with Gasteiger partial charge in [-0.25, -0.2) is 0 Å². The van der Waals surface area contributed by atoms with E-state index in [1.54, 1.807) is 0 Å². The molecule has 2 aliphatic rings. The van der Waals surface area contributed by atoms with Gasteiger partial charge >= 0.3 is 0 Å². The summed E-state index contributed by atoms with van der Waals surface area (Å²) >= 11 is 0. The highest BCUT2D eigenvalue weighted by Crippen LogP contribution is 2.25. The molecule has 1 aromatic carbocycles. The van der Waals surface area contributed by atoms with E-state index in [4.69, 9.17) is 0 Å². The van der Waals surface area contributed by atoms with Crippen molar-refractivity contribution in [1.82, 2.24) is 15.1 Å². The van der Waals surface area contributed by atoms with Crippen LogP contribution < -0.4 is 5.32 Å². The Balaban J connectivity index is 1.71. The van der Waals surface area contributed by atoms with Crippen molar-refractivity contribution in [2.75, 3.05) is 33.2 Å². The molecule has 1 N–H and O–H groups in total. The molecular formula is C16H23N3O. The first-order valence-electron chi connectivity index (χ1n) is 7.50. The highest BCUT2D eigenvalue weighted by molar-refractivity contribution is 5.81. The Morgan fingerprint density at radius 2 is 2.10 bits per heavy atom. The lowest BCUT2D eigenvalue weighted by atomic mass is 9.97. The van der Waals surface area contributed by atoms with E-state index >= 15 is 0 Å². The molecule has 108 valence electrons. The van der Waals surface area contributed by atoms with Crippen LogP contribution in [-0.2, 0) is 4.79 Å². The van der Waals surface area contributed by atoms with Crippen molar-refractivity contribution in [2.24, 2.45) is 5.92 Å². The second kappa shape index (κ2) is 5.94. The summed E-state index contributed by atoms with van der Waals surface area (Å²) in [6.45, 7) is 3.62. The predicted octanol–water partition coefficient (Wildman–Crippen LogP) is 1.46. The number of amides is 1. The molecule has 0 aromatic heterocycles. The van der Waals surface area contributed by atoms with Gasteiger partial charge in [-0.1, -0.05) is 30.3 Å². The summed E-state index contributed by atoms with van der Waals surface area (Å²) in [5, 5.41) is 3.34. The minimum atomic E-state index is 0.0518. The summed E-state index contributed by atoms with van der Waals surface area (Å²) in [5.74, 6) is 0.830. The Kier molecular flexibility index (Phi) is 4.03. The van der Waals surface area contributed by atoms with Crippen LogP contribution in [0.25, 0.3) is 0 Å². The number of hydrogen-bond donors (Lipinski definition) is 1. The standard InChI is InChI=1S/C16H23N3O/c1-18-9-5-6-13(11-18)12-19-15(20)10-17-16(19)14-7-3-2-4-8-14/h2-4,7-8,13,16-17H,5-6,9-12H2,1H3. The number of carbonyl (C=O) groups excluding carboxylic acids is 1. The van der Waals surface area contributed by atoms with Gasteiger partial charge in [0.15, 0.2) is 0 Å². The summed E-state index contributed by atoms with van der Waals surface area (Å²) in [6, 6.07) is 10.3. The Hall–Kier alpha value is -1.39. The molecule has 20 heavy (non-hydrogen) atoms. The van der Waals surface area contributed by atoms with Crippen molar-refractivity contribution in [3.63, 3.8) is 0 Å². The lowest BCUT2D eigenvalue weighted by molar-refractivity contribution is -0.128. The van der Waals surface area contributed by atoms with Crippen molar-refractivity contribution in [1.29, 1.82) is 0 Å². The van der Waals surface area contributed by atoms with Crippen molar-refractivity contribution >= 4 is 5.91 Å². The molecule has 4 heteroatoms. The largest absolute Gasteiger partial charge is 0.321 e. The Morgan fingerprint density at radius 1 is 1.30 bits per heavy atom. The van der Waals surface area contributed by atoms with E-state index in [9.17, 15) is 4.79 Å². The molecule has 3 rings (SSSR count). The third-order valence-electron chi connectivity index (χ3n) is 4.37. The number of nitrogens with zero attached hydrogens (tertiary/aromatic N) is 2. The summed E-state index contributed by atoms with van der Waals surface area (Å²) < 4.78 is 0. The molecule has 2 aliphatic heterocycles. The first-order valence-corrected chi connectivity index (χ1v) is 7.50. The second-order valence-electron chi connectivity index (χ2n) is 6.01. The van der Waals surface area contributed by atoms with E-state index in [-0.39, 0.29) is 12.1 Å². The van der Waals surface area contributed by atoms with Gasteiger partial charge in [-0.15, -0.1) is 0 Å². The van der Waals surface area contributed by atoms with Crippen LogP contribution in [0.5, 0.6) is 0 Å². The molecular weight excluding hydrogens is 250 g/mol. The first kappa shape index (κ1) is 13.6. The van der Waals surface area contributed by atoms with Gasteiger partial charge < -0.3 is 9.80 Å². The number of benzene rings is 1. The molecule has 0 saturated carbocycles. The maximum absolute atomic E-state index is 12.2. The average molecular weight is 273 g/mol. The van der Waals surface area contributed by atoms with E-state index in [0.29, 0.717) is 12.5 Å². The van der Waals surface area contributed by atoms with Crippen molar-refractivity contribution in [3.8, 4) is 0 Å². The average Bonchev–Trinajstić information content (AvgIpc) is 2.81. The van der Waals surface area contributed by atoms with Crippen molar-refractivity contribution in [2.45, 2.75) is 19.0 Å². The molecule has 2 atom stereocenters. The van der Waals surface area contributed by atoms with Crippen LogP contribution in [0.3, 0.4) is 0 Å². The van der Waals surface area contributed by atoms with E-state index in [2.05, 4.69) is 29.4 Å². The van der Waals surface area contributed by atoms with Crippen LogP contribution in [0.15, 0.2) is 30.3 Å². The molecule has 0 radical (unpaired) electrons. The number of likely N-dealkylation sites (tertiary alicyclic amines) is 1.